The van der Waals surface area contributed by atoms with Crippen molar-refractivity contribution >= 4 is 79.9 Å². The topological polar surface area (TPSA) is 82.8 Å². The molecule has 0 aliphatic carbocycles. The van der Waals surface area contributed by atoms with Crippen LogP contribution in [0.3, 0.4) is 0 Å². The first kappa shape index (κ1) is 41.3. The molecule has 0 bridgehead atoms. The Hall–Kier alpha value is -2.41. The Morgan fingerprint density at radius 2 is 1.41 bits per heavy atom. The minimum atomic E-state index is -1.17. The summed E-state index contributed by atoms with van der Waals surface area (Å²) in [6.07, 6.45) is 25.0. The number of anilines is 1. The van der Waals surface area contributed by atoms with Gasteiger partial charge in [-0.15, -0.1) is 11.3 Å². The van der Waals surface area contributed by atoms with Crippen LogP contribution in [0.5, 0.6) is 0 Å². The number of allylic oxidation sites excluding steroid dienone is 1. The molecule has 12 heteroatoms. The van der Waals surface area contributed by atoms with Crippen LogP contribution in [0.4, 0.5) is 10.1 Å². The summed E-state index contributed by atoms with van der Waals surface area (Å²) in [5.74, 6) is -1.71. The highest BCUT2D eigenvalue weighted by molar-refractivity contribution is 8.30. The monoisotopic (exact) mass is 775 g/mol. The van der Waals surface area contributed by atoms with Crippen molar-refractivity contribution in [3.8, 4) is 0 Å². The van der Waals surface area contributed by atoms with Gasteiger partial charge in [-0.1, -0.05) is 146 Å². The lowest BCUT2D eigenvalue weighted by molar-refractivity contribution is -0.137. The van der Waals surface area contributed by atoms with Crippen molar-refractivity contribution in [2.24, 2.45) is 0 Å². The number of thiazole rings is 1. The first-order chi connectivity index (χ1) is 24.7. The van der Waals surface area contributed by atoms with E-state index in [2.05, 4.69) is 11.8 Å². The molecule has 1 fully saturated rings. The minimum Gasteiger partial charge on any atom is -0.480 e. The number of carbonyl (C=O) groups is 2. The van der Waals surface area contributed by atoms with E-state index >= 15 is 0 Å². The van der Waals surface area contributed by atoms with Crippen LogP contribution in [0, 0.1) is 5.82 Å². The van der Waals surface area contributed by atoms with E-state index in [9.17, 15) is 23.9 Å². The van der Waals surface area contributed by atoms with Gasteiger partial charge in [0.15, 0.2) is 0 Å². The fraction of sp³-hybridized carbons (Fsp3) is 0.590. The fourth-order valence-corrected chi connectivity index (χ4v) is 10.2. The molecule has 280 valence electrons. The van der Waals surface area contributed by atoms with Crippen molar-refractivity contribution in [3.63, 3.8) is 0 Å². The zero-order valence-electron chi connectivity index (χ0n) is 30.5. The van der Waals surface area contributed by atoms with Crippen LogP contribution in [0.15, 0.2) is 32.9 Å². The van der Waals surface area contributed by atoms with Crippen molar-refractivity contribution in [1.82, 2.24) is 9.47 Å². The number of hydrogen-bond acceptors (Lipinski definition) is 8. The van der Waals surface area contributed by atoms with Gasteiger partial charge in [-0.25, -0.2) is 4.39 Å². The number of rotatable bonds is 22. The van der Waals surface area contributed by atoms with Crippen LogP contribution in [0.2, 0.25) is 0 Å². The molecule has 1 aromatic carbocycles. The summed E-state index contributed by atoms with van der Waals surface area (Å²) in [6.45, 7) is 6.64. The molecule has 4 rings (SSSR count). The molecule has 51 heavy (non-hydrogen) atoms. The molecule has 7 nitrogen and oxygen atoms in total. The Bertz CT molecular complexity index is 1730. The summed E-state index contributed by atoms with van der Waals surface area (Å²) in [5, 5.41) is 10.5. The number of aryl methyl sites for hydroxylation is 1. The van der Waals surface area contributed by atoms with Crippen molar-refractivity contribution in [3.05, 3.63) is 54.2 Å². The third-order valence-corrected chi connectivity index (χ3v) is 13.3. The van der Waals surface area contributed by atoms with Crippen LogP contribution < -0.4 is 19.7 Å². The number of nitrogens with zero attached hydrogens (tertiary/aromatic N) is 3. The molecule has 1 saturated heterocycles. The van der Waals surface area contributed by atoms with Gasteiger partial charge in [-0.3, -0.25) is 23.9 Å². The van der Waals surface area contributed by atoms with E-state index in [4.69, 9.17) is 12.2 Å². The summed E-state index contributed by atoms with van der Waals surface area (Å²) in [6, 6.07) is 3.54. The summed E-state index contributed by atoms with van der Waals surface area (Å²) < 4.78 is 17.0. The number of halogens is 1. The first-order valence-corrected chi connectivity index (χ1v) is 21.7. The fourth-order valence-electron chi connectivity index (χ4n) is 6.54. The lowest BCUT2D eigenvalue weighted by Crippen LogP contribution is -2.35. The number of fused-ring (bicyclic) bond motifs is 1. The number of amides is 1. The molecule has 2 aromatic rings. The number of carboxylic acids is 1. The maximum Gasteiger partial charge on any atom is 0.323 e. The van der Waals surface area contributed by atoms with E-state index in [1.165, 1.54) is 107 Å². The Kier molecular flexibility index (Phi) is 17.3. The van der Waals surface area contributed by atoms with Gasteiger partial charge in [0.05, 0.1) is 15.2 Å². The molecule has 0 unspecified atom stereocenters. The zero-order valence-corrected chi connectivity index (χ0v) is 33.7. The van der Waals surface area contributed by atoms with Gasteiger partial charge in [0, 0.05) is 18.0 Å². The number of benzene rings is 1. The largest absolute Gasteiger partial charge is 0.480 e. The minimum absolute atomic E-state index is 0.217. The van der Waals surface area contributed by atoms with Crippen LogP contribution in [0.1, 0.15) is 129 Å². The lowest BCUT2D eigenvalue weighted by Gasteiger charge is -2.21. The van der Waals surface area contributed by atoms with Gasteiger partial charge >= 0.3 is 5.97 Å². The maximum atomic E-state index is 14.8. The standard InChI is InChI=1S/C39H54FN3O4S4/c1-4-7-8-9-10-11-12-13-14-15-16-17-18-19-20-21-24-42-30-25-28(5-2)29(40)26-32(30)49-33(42)23-22-31-36(46)43(27-34(44)45)38(50-31)35-37(47)41(6-3)39(48)51-35/h22-23,25-26H,4-21,24,27H2,1-3H3,(H,44,45)/b31-22?,33-23?,38-35-. The molecule has 3 heterocycles. The molecule has 1 aromatic heterocycles. The van der Waals surface area contributed by atoms with E-state index in [-0.39, 0.29) is 16.6 Å². The number of aromatic nitrogens is 1. The van der Waals surface area contributed by atoms with Crippen LogP contribution in [-0.4, -0.2) is 43.9 Å². The first-order valence-electron chi connectivity index (χ1n) is 18.9. The van der Waals surface area contributed by atoms with Gasteiger partial charge in [-0.05, 0) is 49.6 Å². The number of hydrogen-bond donors (Lipinski definition) is 1. The Balaban J connectivity index is 1.40. The lowest BCUT2D eigenvalue weighted by atomic mass is 10.0. The average Bonchev–Trinajstić information content (AvgIpc) is 3.70. The van der Waals surface area contributed by atoms with E-state index < -0.39 is 18.1 Å². The van der Waals surface area contributed by atoms with Crippen LogP contribution >= 0.6 is 47.1 Å². The van der Waals surface area contributed by atoms with Gasteiger partial charge in [-0.2, -0.15) is 0 Å². The summed E-state index contributed by atoms with van der Waals surface area (Å²) in [5.41, 5.74) is 1.18. The number of carbonyl (C=O) groups excluding carboxylic acids is 1. The highest BCUT2D eigenvalue weighted by Crippen LogP contribution is 2.47. The van der Waals surface area contributed by atoms with E-state index in [1.54, 1.807) is 12.1 Å². The van der Waals surface area contributed by atoms with Gasteiger partial charge in [0.1, 0.15) is 26.3 Å². The molecule has 0 saturated carbocycles. The van der Waals surface area contributed by atoms with E-state index in [0.29, 0.717) is 32.0 Å². The smallest absolute Gasteiger partial charge is 0.323 e. The second kappa shape index (κ2) is 21.3. The molecule has 1 N–H and O–H groups in total. The molecule has 1 amide bonds. The highest BCUT2D eigenvalue weighted by atomic mass is 32.2. The van der Waals surface area contributed by atoms with Gasteiger partial charge in [0.2, 0.25) is 0 Å². The molecule has 2 aliphatic rings. The number of unbranched alkanes of at least 4 members (excludes halogenated alkanes) is 15. The van der Waals surface area contributed by atoms with Crippen molar-refractivity contribution in [1.29, 1.82) is 0 Å². The Morgan fingerprint density at radius 3 is 1.94 bits per heavy atom. The van der Waals surface area contributed by atoms with Crippen molar-refractivity contribution in [2.75, 3.05) is 18.0 Å². The van der Waals surface area contributed by atoms with Gasteiger partial charge < -0.3 is 10.0 Å². The summed E-state index contributed by atoms with van der Waals surface area (Å²) in [7, 11) is 0. The highest BCUT2D eigenvalue weighted by Gasteiger charge is 2.33. The molecule has 0 atom stereocenters. The maximum absolute atomic E-state index is 14.8. The van der Waals surface area contributed by atoms with Crippen LogP contribution in [0.25, 0.3) is 11.0 Å². The molecule has 2 aliphatic heterocycles. The van der Waals surface area contributed by atoms with Crippen LogP contribution in [-0.2, 0) is 22.6 Å². The molecular formula is C39H54FN3O4S4. The number of carboxylic acid groups (broad SMARTS) is 1. The number of aliphatic carboxylic acids is 1. The zero-order chi connectivity index (χ0) is 36.8. The van der Waals surface area contributed by atoms with Gasteiger partial charge in [0.25, 0.3) is 11.5 Å². The summed E-state index contributed by atoms with van der Waals surface area (Å²) >= 11 is 9.02. The van der Waals surface area contributed by atoms with E-state index in [1.807, 2.05) is 26.0 Å². The average molecular weight is 776 g/mol. The molecular weight excluding hydrogens is 722 g/mol. The molecule has 0 radical (unpaired) electrons. The normalized spacial score (nSPS) is 16.7. The third kappa shape index (κ3) is 11.5. The second-order valence-electron chi connectivity index (χ2n) is 13.3. The van der Waals surface area contributed by atoms with Crippen molar-refractivity contribution < 1.29 is 19.1 Å². The van der Waals surface area contributed by atoms with E-state index in [0.717, 1.165) is 62.7 Å². The second-order valence-corrected chi connectivity index (χ2v) is 17.0. The Morgan fingerprint density at radius 1 is 0.824 bits per heavy atom. The molecule has 0 spiro atoms. The quantitative estimate of drug-likeness (QED) is 0.0937. The summed E-state index contributed by atoms with van der Waals surface area (Å²) in [4.78, 5) is 43.0. The Labute approximate surface area is 320 Å². The predicted octanol–water partition coefficient (Wildman–Crippen LogP) is 9.18. The van der Waals surface area contributed by atoms with Crippen molar-refractivity contribution in [2.45, 2.75) is 141 Å². The number of thiocarbonyl (C=S) groups is 1. The predicted molar refractivity (Wildman–Crippen MR) is 218 cm³/mol. The number of thioether (sulfide) groups is 2. The third-order valence-electron chi connectivity index (χ3n) is 9.45. The SMILES string of the molecule is CCCCCCCCCCCCCCCCCCN1C(=CC=c2s/c(=C3\SC(=S)N(CC)C3=O)n(CC(=O)O)c2=O)Sc2cc(F)c(CC)cc21.